The lowest BCUT2D eigenvalue weighted by molar-refractivity contribution is -0.120. The van der Waals surface area contributed by atoms with Crippen LogP contribution in [0.3, 0.4) is 0 Å². The molecule has 2 amide bonds. The molecule has 0 radical (unpaired) electrons. The maximum absolute atomic E-state index is 11.9. The number of hydrogen-bond donors (Lipinski definition) is 2. The molecule has 0 aromatic heterocycles. The summed E-state index contributed by atoms with van der Waals surface area (Å²) in [7, 11) is 0. The molecule has 5 heteroatoms. The number of rotatable bonds is 6. The molecule has 1 aromatic rings. The molecular formula is C14H19BrN2O2. The van der Waals surface area contributed by atoms with Crippen molar-refractivity contribution in [2.24, 2.45) is 0 Å². The third kappa shape index (κ3) is 5.42. The van der Waals surface area contributed by atoms with Crippen molar-refractivity contribution in [1.82, 2.24) is 10.6 Å². The smallest absolute Gasteiger partial charge is 0.251 e. The summed E-state index contributed by atoms with van der Waals surface area (Å²) >= 11 is 3.34. The summed E-state index contributed by atoms with van der Waals surface area (Å²) in [4.78, 5) is 23.3. The lowest BCUT2D eigenvalue weighted by Gasteiger charge is -2.08. The van der Waals surface area contributed by atoms with Crippen molar-refractivity contribution in [3.8, 4) is 0 Å². The van der Waals surface area contributed by atoms with E-state index in [1.54, 1.807) is 6.07 Å². The van der Waals surface area contributed by atoms with Crippen LogP contribution in [0.25, 0.3) is 0 Å². The summed E-state index contributed by atoms with van der Waals surface area (Å²) in [5.74, 6) is -0.185. The van der Waals surface area contributed by atoms with E-state index in [0.717, 1.165) is 16.5 Å². The predicted molar refractivity (Wildman–Crippen MR) is 79.1 cm³/mol. The number of halogens is 1. The summed E-state index contributed by atoms with van der Waals surface area (Å²) in [5, 5.41) is 5.52. The number of benzene rings is 1. The molecule has 1 rings (SSSR count). The van der Waals surface area contributed by atoms with E-state index in [1.165, 1.54) is 0 Å². The molecule has 0 spiro atoms. The highest BCUT2D eigenvalue weighted by Gasteiger charge is 2.09. The van der Waals surface area contributed by atoms with Crippen LogP contribution >= 0.6 is 15.9 Å². The summed E-state index contributed by atoms with van der Waals surface area (Å²) in [6.45, 7) is 4.91. The zero-order valence-electron chi connectivity index (χ0n) is 11.3. The molecule has 0 aliphatic rings. The van der Waals surface area contributed by atoms with Gasteiger partial charge in [-0.15, -0.1) is 0 Å². The topological polar surface area (TPSA) is 58.2 Å². The second kappa shape index (κ2) is 7.94. The van der Waals surface area contributed by atoms with Gasteiger partial charge in [0.25, 0.3) is 5.91 Å². The van der Waals surface area contributed by atoms with Crippen LogP contribution in [0.15, 0.2) is 22.7 Å². The van der Waals surface area contributed by atoms with Gasteiger partial charge in [0.2, 0.25) is 5.91 Å². The second-order valence-electron chi connectivity index (χ2n) is 4.32. The molecule has 0 aliphatic carbocycles. The van der Waals surface area contributed by atoms with Gasteiger partial charge in [0.15, 0.2) is 0 Å². The van der Waals surface area contributed by atoms with Crippen LogP contribution in [0.5, 0.6) is 0 Å². The maximum Gasteiger partial charge on any atom is 0.251 e. The Balaban J connectivity index is 2.43. The number of aryl methyl sites for hydroxylation is 1. The third-order valence-electron chi connectivity index (χ3n) is 2.65. The van der Waals surface area contributed by atoms with Gasteiger partial charge in [-0.1, -0.05) is 28.9 Å². The van der Waals surface area contributed by atoms with Crippen molar-refractivity contribution in [2.75, 3.05) is 13.1 Å². The predicted octanol–water partition coefficient (Wildman–Crippen LogP) is 2.40. The normalized spacial score (nSPS) is 10.1. The average molecular weight is 327 g/mol. The van der Waals surface area contributed by atoms with E-state index >= 15 is 0 Å². The number of nitrogens with one attached hydrogen (secondary N) is 2. The SMILES string of the molecule is CCCNC(=O)CCNC(=O)c1cc(Br)ccc1C. The maximum atomic E-state index is 11.9. The number of amides is 2. The Hall–Kier alpha value is -1.36. The van der Waals surface area contributed by atoms with Crippen molar-refractivity contribution in [3.05, 3.63) is 33.8 Å². The van der Waals surface area contributed by atoms with Gasteiger partial charge in [0.1, 0.15) is 0 Å². The van der Waals surface area contributed by atoms with E-state index in [1.807, 2.05) is 26.0 Å². The van der Waals surface area contributed by atoms with Crippen molar-refractivity contribution in [2.45, 2.75) is 26.7 Å². The quantitative estimate of drug-likeness (QED) is 0.843. The summed E-state index contributed by atoms with van der Waals surface area (Å²) in [6.07, 6.45) is 1.22. The summed E-state index contributed by atoms with van der Waals surface area (Å²) < 4.78 is 0.865. The fraction of sp³-hybridized carbons (Fsp3) is 0.429. The fourth-order valence-corrected chi connectivity index (χ4v) is 1.94. The number of carbonyl (C=O) groups excluding carboxylic acids is 2. The van der Waals surface area contributed by atoms with Crippen LogP contribution in [-0.4, -0.2) is 24.9 Å². The molecule has 0 bridgehead atoms. The fourth-order valence-electron chi connectivity index (χ4n) is 1.58. The number of carbonyl (C=O) groups is 2. The monoisotopic (exact) mass is 326 g/mol. The highest BCUT2D eigenvalue weighted by atomic mass is 79.9. The van der Waals surface area contributed by atoms with Crippen molar-refractivity contribution >= 4 is 27.7 Å². The molecule has 0 atom stereocenters. The Kier molecular flexibility index (Phi) is 6.56. The molecule has 2 N–H and O–H groups in total. The third-order valence-corrected chi connectivity index (χ3v) is 3.15. The molecule has 0 heterocycles. The lowest BCUT2D eigenvalue weighted by Crippen LogP contribution is -2.31. The molecule has 4 nitrogen and oxygen atoms in total. The molecule has 0 unspecified atom stereocenters. The van der Waals surface area contributed by atoms with Gasteiger partial charge < -0.3 is 10.6 Å². The van der Waals surface area contributed by atoms with Crippen molar-refractivity contribution < 1.29 is 9.59 Å². The zero-order chi connectivity index (χ0) is 14.3. The van der Waals surface area contributed by atoms with Crippen LogP contribution in [0.2, 0.25) is 0 Å². The van der Waals surface area contributed by atoms with E-state index in [2.05, 4.69) is 26.6 Å². The van der Waals surface area contributed by atoms with Gasteiger partial charge in [0.05, 0.1) is 0 Å². The molecule has 0 aliphatic heterocycles. The lowest BCUT2D eigenvalue weighted by atomic mass is 10.1. The van der Waals surface area contributed by atoms with Gasteiger partial charge in [-0.25, -0.2) is 0 Å². The molecule has 0 saturated heterocycles. The van der Waals surface area contributed by atoms with E-state index in [0.29, 0.717) is 25.1 Å². The highest BCUT2D eigenvalue weighted by Crippen LogP contribution is 2.15. The first-order valence-electron chi connectivity index (χ1n) is 6.35. The molecule has 19 heavy (non-hydrogen) atoms. The van der Waals surface area contributed by atoms with Gasteiger partial charge in [-0.2, -0.15) is 0 Å². The second-order valence-corrected chi connectivity index (χ2v) is 5.23. The standard InChI is InChI=1S/C14H19BrN2O2/c1-3-7-16-13(18)6-8-17-14(19)12-9-11(15)5-4-10(12)2/h4-5,9H,3,6-8H2,1-2H3,(H,16,18)(H,17,19). The van der Waals surface area contributed by atoms with E-state index in [4.69, 9.17) is 0 Å². The largest absolute Gasteiger partial charge is 0.356 e. The van der Waals surface area contributed by atoms with Crippen LogP contribution in [0.1, 0.15) is 35.7 Å². The van der Waals surface area contributed by atoms with E-state index in [9.17, 15) is 9.59 Å². The Bertz CT molecular complexity index is 461. The minimum atomic E-state index is -0.151. The van der Waals surface area contributed by atoms with Gasteiger partial charge >= 0.3 is 0 Å². The molecule has 0 saturated carbocycles. The van der Waals surface area contributed by atoms with Crippen LogP contribution < -0.4 is 10.6 Å². The minimum absolute atomic E-state index is 0.0342. The minimum Gasteiger partial charge on any atom is -0.356 e. The van der Waals surface area contributed by atoms with Gasteiger partial charge in [-0.05, 0) is 31.0 Å². The summed E-state index contributed by atoms with van der Waals surface area (Å²) in [6, 6.07) is 5.55. The zero-order valence-corrected chi connectivity index (χ0v) is 12.8. The first kappa shape index (κ1) is 15.7. The molecule has 1 aromatic carbocycles. The van der Waals surface area contributed by atoms with Gasteiger partial charge in [-0.3, -0.25) is 9.59 Å². The molecular weight excluding hydrogens is 308 g/mol. The van der Waals surface area contributed by atoms with Gasteiger partial charge in [0, 0.05) is 29.5 Å². The molecule has 104 valence electrons. The van der Waals surface area contributed by atoms with E-state index in [-0.39, 0.29) is 11.8 Å². The first-order valence-corrected chi connectivity index (χ1v) is 7.15. The Morgan fingerprint density at radius 2 is 1.95 bits per heavy atom. The van der Waals surface area contributed by atoms with Crippen LogP contribution in [0.4, 0.5) is 0 Å². The molecule has 0 fully saturated rings. The van der Waals surface area contributed by atoms with Crippen molar-refractivity contribution in [1.29, 1.82) is 0 Å². The van der Waals surface area contributed by atoms with Crippen LogP contribution in [0, 0.1) is 6.92 Å². The number of hydrogen-bond acceptors (Lipinski definition) is 2. The Labute approximate surface area is 122 Å². The highest BCUT2D eigenvalue weighted by molar-refractivity contribution is 9.10. The van der Waals surface area contributed by atoms with Crippen molar-refractivity contribution in [3.63, 3.8) is 0 Å². The Morgan fingerprint density at radius 1 is 1.21 bits per heavy atom. The average Bonchev–Trinajstić information content (AvgIpc) is 2.39. The summed E-state index contributed by atoms with van der Waals surface area (Å²) in [5.41, 5.74) is 1.54. The van der Waals surface area contributed by atoms with Crippen LogP contribution in [-0.2, 0) is 4.79 Å². The Morgan fingerprint density at radius 3 is 2.63 bits per heavy atom. The first-order chi connectivity index (χ1) is 9.04. The van der Waals surface area contributed by atoms with E-state index < -0.39 is 0 Å².